The standard InChI is InChI=1S/C10H13NO5S/c1-2-17(15,16)7-10(12)8-4-3-5-9(6-8)11(13)14/h3-6,10,12H,2,7H2,1H3. The summed E-state index contributed by atoms with van der Waals surface area (Å²) in [5, 5.41) is 20.2. The lowest BCUT2D eigenvalue weighted by Gasteiger charge is -2.10. The first-order valence-corrected chi connectivity index (χ1v) is 6.80. The van der Waals surface area contributed by atoms with Gasteiger partial charge in [-0.25, -0.2) is 8.42 Å². The topological polar surface area (TPSA) is 97.5 Å². The molecule has 0 spiro atoms. The lowest BCUT2D eigenvalue weighted by atomic mass is 10.1. The second kappa shape index (κ2) is 5.24. The Morgan fingerprint density at radius 3 is 2.65 bits per heavy atom. The summed E-state index contributed by atoms with van der Waals surface area (Å²) in [6, 6.07) is 5.33. The number of aliphatic hydroxyl groups excluding tert-OH is 1. The second-order valence-corrected chi connectivity index (χ2v) is 5.96. The molecule has 1 unspecified atom stereocenters. The van der Waals surface area contributed by atoms with E-state index in [4.69, 9.17) is 0 Å². The average Bonchev–Trinajstić information content (AvgIpc) is 2.28. The van der Waals surface area contributed by atoms with Gasteiger partial charge in [-0.1, -0.05) is 19.1 Å². The minimum Gasteiger partial charge on any atom is -0.387 e. The maximum atomic E-state index is 11.3. The van der Waals surface area contributed by atoms with Crippen LogP contribution >= 0.6 is 0 Å². The third-order valence-electron chi connectivity index (χ3n) is 2.32. The van der Waals surface area contributed by atoms with Crippen LogP contribution in [-0.4, -0.2) is 30.0 Å². The molecule has 94 valence electrons. The van der Waals surface area contributed by atoms with Crippen LogP contribution in [0.3, 0.4) is 0 Å². The highest BCUT2D eigenvalue weighted by atomic mass is 32.2. The van der Waals surface area contributed by atoms with Gasteiger partial charge in [0.2, 0.25) is 0 Å². The monoisotopic (exact) mass is 259 g/mol. The molecule has 0 aliphatic carbocycles. The van der Waals surface area contributed by atoms with Crippen LogP contribution in [0.15, 0.2) is 24.3 Å². The van der Waals surface area contributed by atoms with E-state index in [0.717, 1.165) is 0 Å². The normalized spacial score (nSPS) is 13.3. The minimum absolute atomic E-state index is 0.0704. The fourth-order valence-corrected chi connectivity index (χ4v) is 2.21. The highest BCUT2D eigenvalue weighted by Gasteiger charge is 2.18. The van der Waals surface area contributed by atoms with Crippen molar-refractivity contribution in [2.45, 2.75) is 13.0 Å². The lowest BCUT2D eigenvalue weighted by molar-refractivity contribution is -0.385. The molecule has 1 rings (SSSR count). The van der Waals surface area contributed by atoms with Crippen molar-refractivity contribution >= 4 is 15.5 Å². The predicted octanol–water partition coefficient (Wildman–Crippen LogP) is 1.06. The number of non-ortho nitro benzene ring substituents is 1. The number of nitrogens with zero attached hydrogens (tertiary/aromatic N) is 1. The van der Waals surface area contributed by atoms with Crippen molar-refractivity contribution in [3.05, 3.63) is 39.9 Å². The predicted molar refractivity (Wildman–Crippen MR) is 62.4 cm³/mol. The van der Waals surface area contributed by atoms with E-state index < -0.39 is 26.6 Å². The van der Waals surface area contributed by atoms with Gasteiger partial charge in [0.15, 0.2) is 9.84 Å². The number of sulfone groups is 1. The van der Waals surface area contributed by atoms with E-state index in [0.29, 0.717) is 0 Å². The van der Waals surface area contributed by atoms with Gasteiger partial charge in [-0.15, -0.1) is 0 Å². The van der Waals surface area contributed by atoms with Crippen LogP contribution in [0, 0.1) is 10.1 Å². The van der Waals surface area contributed by atoms with Crippen LogP contribution in [0.4, 0.5) is 5.69 Å². The van der Waals surface area contributed by atoms with Crippen LogP contribution < -0.4 is 0 Å². The SMILES string of the molecule is CCS(=O)(=O)CC(O)c1cccc([N+](=O)[O-])c1. The summed E-state index contributed by atoms with van der Waals surface area (Å²) >= 11 is 0. The number of aliphatic hydroxyl groups is 1. The number of rotatable bonds is 5. The molecule has 6 nitrogen and oxygen atoms in total. The Morgan fingerprint density at radius 2 is 2.12 bits per heavy atom. The number of hydrogen-bond acceptors (Lipinski definition) is 5. The zero-order chi connectivity index (χ0) is 13.1. The molecule has 0 bridgehead atoms. The van der Waals surface area contributed by atoms with E-state index in [9.17, 15) is 23.6 Å². The van der Waals surface area contributed by atoms with Crippen molar-refractivity contribution in [2.24, 2.45) is 0 Å². The van der Waals surface area contributed by atoms with Crippen molar-refractivity contribution in [1.82, 2.24) is 0 Å². The molecule has 0 aliphatic heterocycles. The lowest BCUT2D eigenvalue weighted by Crippen LogP contribution is -2.16. The van der Waals surface area contributed by atoms with Crippen molar-refractivity contribution in [1.29, 1.82) is 0 Å². The van der Waals surface area contributed by atoms with Crippen LogP contribution in [0.5, 0.6) is 0 Å². The fraction of sp³-hybridized carbons (Fsp3) is 0.400. The number of nitro benzene ring substituents is 1. The summed E-state index contributed by atoms with van der Waals surface area (Å²) in [6.07, 6.45) is -1.24. The van der Waals surface area contributed by atoms with Gasteiger partial charge < -0.3 is 5.11 Å². The van der Waals surface area contributed by atoms with Crippen molar-refractivity contribution in [3.8, 4) is 0 Å². The molecule has 7 heteroatoms. The van der Waals surface area contributed by atoms with Crippen molar-refractivity contribution < 1.29 is 18.4 Å². The Kier molecular flexibility index (Phi) is 4.19. The van der Waals surface area contributed by atoms with Gasteiger partial charge in [0.25, 0.3) is 5.69 Å². The van der Waals surface area contributed by atoms with Crippen LogP contribution in [0.1, 0.15) is 18.6 Å². The van der Waals surface area contributed by atoms with E-state index in [1.807, 2.05) is 0 Å². The molecular weight excluding hydrogens is 246 g/mol. The molecule has 0 fully saturated rings. The Bertz CT molecular complexity index is 511. The van der Waals surface area contributed by atoms with Gasteiger partial charge in [-0.2, -0.15) is 0 Å². The molecule has 0 radical (unpaired) electrons. The first-order valence-electron chi connectivity index (χ1n) is 4.98. The molecule has 0 aromatic heterocycles. The fourth-order valence-electron chi connectivity index (χ4n) is 1.30. The van der Waals surface area contributed by atoms with Gasteiger partial charge in [0.05, 0.1) is 16.8 Å². The summed E-state index contributed by atoms with van der Waals surface area (Å²) in [4.78, 5) is 9.93. The molecule has 0 heterocycles. The van der Waals surface area contributed by atoms with Gasteiger partial charge in [0, 0.05) is 17.9 Å². The first kappa shape index (κ1) is 13.6. The Hall–Kier alpha value is -1.47. The van der Waals surface area contributed by atoms with E-state index in [2.05, 4.69) is 0 Å². The van der Waals surface area contributed by atoms with Crippen LogP contribution in [0.25, 0.3) is 0 Å². The summed E-state index contributed by atoms with van der Waals surface area (Å²) in [6.45, 7) is 1.48. The Labute approximate surface area is 99.0 Å². The van der Waals surface area contributed by atoms with Gasteiger partial charge in [-0.3, -0.25) is 10.1 Å². The molecule has 0 saturated carbocycles. The number of benzene rings is 1. The molecule has 17 heavy (non-hydrogen) atoms. The third-order valence-corrected chi connectivity index (χ3v) is 4.02. The van der Waals surface area contributed by atoms with Crippen molar-refractivity contribution in [2.75, 3.05) is 11.5 Å². The summed E-state index contributed by atoms with van der Waals surface area (Å²) in [7, 11) is -3.32. The van der Waals surface area contributed by atoms with Crippen LogP contribution in [-0.2, 0) is 9.84 Å². The van der Waals surface area contributed by atoms with Gasteiger partial charge in [0.1, 0.15) is 0 Å². The molecule has 0 saturated heterocycles. The van der Waals surface area contributed by atoms with E-state index in [1.165, 1.54) is 31.2 Å². The first-order chi connectivity index (χ1) is 7.85. The Balaban J connectivity index is 2.93. The second-order valence-electron chi connectivity index (χ2n) is 3.57. The maximum Gasteiger partial charge on any atom is 0.269 e. The molecule has 1 aromatic rings. The quantitative estimate of drug-likeness (QED) is 0.630. The number of nitro groups is 1. The molecule has 1 aromatic carbocycles. The zero-order valence-electron chi connectivity index (χ0n) is 9.24. The van der Waals surface area contributed by atoms with E-state index in [-0.39, 0.29) is 17.0 Å². The minimum atomic E-state index is -3.32. The summed E-state index contributed by atoms with van der Waals surface area (Å²) in [5.74, 6) is -0.496. The highest BCUT2D eigenvalue weighted by Crippen LogP contribution is 2.20. The smallest absolute Gasteiger partial charge is 0.269 e. The van der Waals surface area contributed by atoms with Crippen LogP contribution in [0.2, 0.25) is 0 Å². The van der Waals surface area contributed by atoms with E-state index in [1.54, 1.807) is 0 Å². The maximum absolute atomic E-state index is 11.3. The largest absolute Gasteiger partial charge is 0.387 e. The molecule has 0 amide bonds. The molecular formula is C10H13NO5S. The summed E-state index contributed by atoms with van der Waals surface area (Å²) in [5.41, 5.74) is 0.0617. The third kappa shape index (κ3) is 3.79. The average molecular weight is 259 g/mol. The van der Waals surface area contributed by atoms with Gasteiger partial charge in [-0.05, 0) is 5.56 Å². The Morgan fingerprint density at radius 1 is 1.47 bits per heavy atom. The highest BCUT2D eigenvalue weighted by molar-refractivity contribution is 7.91. The number of hydrogen-bond donors (Lipinski definition) is 1. The van der Waals surface area contributed by atoms with E-state index >= 15 is 0 Å². The zero-order valence-corrected chi connectivity index (χ0v) is 10.1. The van der Waals surface area contributed by atoms with Crippen molar-refractivity contribution in [3.63, 3.8) is 0 Å². The molecule has 1 atom stereocenters. The summed E-state index contributed by atoms with van der Waals surface area (Å²) < 4.78 is 22.6. The molecule has 0 aliphatic rings. The molecule has 1 N–H and O–H groups in total. The van der Waals surface area contributed by atoms with Gasteiger partial charge >= 0.3 is 0 Å².